The van der Waals surface area contributed by atoms with Gasteiger partial charge in [-0.1, -0.05) is 24.3 Å². The molecule has 1 atom stereocenters. The Hall–Kier alpha value is -3.24. The van der Waals surface area contributed by atoms with Crippen molar-refractivity contribution in [3.63, 3.8) is 0 Å². The summed E-state index contributed by atoms with van der Waals surface area (Å²) in [7, 11) is -0.652. The van der Waals surface area contributed by atoms with Crippen LogP contribution in [0.1, 0.15) is 43.1 Å². The lowest BCUT2D eigenvalue weighted by molar-refractivity contribution is -0.132. The van der Waals surface area contributed by atoms with Gasteiger partial charge in [0.15, 0.2) is 0 Å². The molecule has 1 fully saturated rings. The molecule has 0 radical (unpaired) electrons. The quantitative estimate of drug-likeness (QED) is 0.548. The molecule has 1 spiro atoms. The predicted octanol–water partition coefficient (Wildman–Crippen LogP) is 2.98. The smallest absolute Gasteiger partial charge is 0.325 e. The molecule has 3 amide bonds. The van der Waals surface area contributed by atoms with E-state index in [1.807, 2.05) is 35.8 Å². The Morgan fingerprint density at radius 3 is 2.63 bits per heavy atom. The number of fused-ring (bicyclic) bond motifs is 3. The largest absolute Gasteiger partial charge is 0.327 e. The summed E-state index contributed by atoms with van der Waals surface area (Å²) in [4.78, 5) is 33.0. The standard InChI is InChI=1S/C25H29N5O4S/c1-4-29-21-13-12-18(35(33,34)28(2)3)15-20(21)26-22(29)16-30-23(31)25(27-24(30)32)14-8-7-10-17-9-5-6-11-19(17)25/h5-6,9,11-13,15H,4,7-8,10,14,16H2,1-3H3,(H,27,32)/t25-/m0/s1. The lowest BCUT2D eigenvalue weighted by Gasteiger charge is -2.27. The Balaban J connectivity index is 1.53. The molecule has 35 heavy (non-hydrogen) atoms. The third-order valence-corrected chi connectivity index (χ3v) is 8.90. The normalized spacial score (nSPS) is 20.5. The number of hydrogen-bond donors (Lipinski definition) is 1. The van der Waals surface area contributed by atoms with Crippen LogP contribution in [0, 0.1) is 0 Å². The maximum atomic E-state index is 13.8. The zero-order chi connectivity index (χ0) is 25.0. The minimum Gasteiger partial charge on any atom is -0.327 e. The number of urea groups is 1. The second-order valence-corrected chi connectivity index (χ2v) is 11.5. The molecule has 1 saturated heterocycles. The number of aromatic nitrogens is 2. The van der Waals surface area contributed by atoms with Gasteiger partial charge in [-0.15, -0.1) is 0 Å². The van der Waals surface area contributed by atoms with E-state index in [1.165, 1.54) is 25.1 Å². The average Bonchev–Trinajstić information content (AvgIpc) is 3.22. The third-order valence-electron chi connectivity index (χ3n) is 7.09. The van der Waals surface area contributed by atoms with Crippen molar-refractivity contribution in [1.82, 2.24) is 24.1 Å². The topological polar surface area (TPSA) is 105 Å². The fraction of sp³-hybridized carbons (Fsp3) is 0.400. The second kappa shape index (κ2) is 8.46. The highest BCUT2D eigenvalue weighted by Gasteiger charge is 2.53. The highest BCUT2D eigenvalue weighted by atomic mass is 32.2. The summed E-state index contributed by atoms with van der Waals surface area (Å²) >= 11 is 0. The summed E-state index contributed by atoms with van der Waals surface area (Å²) in [6, 6.07) is 12.2. The van der Waals surface area contributed by atoms with Crippen molar-refractivity contribution in [3.05, 3.63) is 59.4 Å². The fourth-order valence-corrected chi connectivity index (χ4v) is 6.18. The number of amides is 3. The van der Waals surface area contributed by atoms with E-state index in [0.29, 0.717) is 24.3 Å². The van der Waals surface area contributed by atoms with Gasteiger partial charge in [0.1, 0.15) is 11.4 Å². The van der Waals surface area contributed by atoms with Gasteiger partial charge in [-0.2, -0.15) is 0 Å². The Bertz CT molecular complexity index is 1450. The van der Waals surface area contributed by atoms with Crippen molar-refractivity contribution >= 4 is 33.0 Å². The van der Waals surface area contributed by atoms with Gasteiger partial charge < -0.3 is 9.88 Å². The van der Waals surface area contributed by atoms with Gasteiger partial charge >= 0.3 is 6.03 Å². The summed E-state index contributed by atoms with van der Waals surface area (Å²) in [6.45, 7) is 2.51. The van der Waals surface area contributed by atoms with E-state index in [4.69, 9.17) is 0 Å². The SMILES string of the molecule is CCn1c(CN2C(=O)N[C@]3(CCCCc4ccccc43)C2=O)nc2cc(S(=O)(=O)N(C)C)ccc21. The number of carbonyl (C=O) groups is 2. The molecule has 10 heteroatoms. The van der Waals surface area contributed by atoms with Gasteiger partial charge in [0.05, 0.1) is 22.5 Å². The van der Waals surface area contributed by atoms with Crippen LogP contribution < -0.4 is 5.32 Å². The van der Waals surface area contributed by atoms with Crippen LogP contribution in [0.5, 0.6) is 0 Å². The first-order valence-corrected chi connectivity index (χ1v) is 13.3. The molecule has 0 unspecified atom stereocenters. The van der Waals surface area contributed by atoms with Crippen molar-refractivity contribution in [3.8, 4) is 0 Å². The molecule has 1 aliphatic carbocycles. The predicted molar refractivity (Wildman–Crippen MR) is 131 cm³/mol. The molecule has 0 bridgehead atoms. The Morgan fingerprint density at radius 1 is 1.11 bits per heavy atom. The molecule has 9 nitrogen and oxygen atoms in total. The van der Waals surface area contributed by atoms with Crippen LogP contribution in [0.15, 0.2) is 47.4 Å². The van der Waals surface area contributed by atoms with Gasteiger partial charge in [-0.25, -0.2) is 22.5 Å². The number of benzene rings is 2. The maximum absolute atomic E-state index is 13.8. The van der Waals surface area contributed by atoms with E-state index in [-0.39, 0.29) is 17.3 Å². The maximum Gasteiger partial charge on any atom is 0.325 e. The van der Waals surface area contributed by atoms with Crippen LogP contribution in [-0.2, 0) is 39.9 Å². The van der Waals surface area contributed by atoms with Crippen LogP contribution in [0.3, 0.4) is 0 Å². The molecule has 1 aromatic heterocycles. The van der Waals surface area contributed by atoms with Gasteiger partial charge in [0.25, 0.3) is 5.91 Å². The van der Waals surface area contributed by atoms with Gasteiger partial charge in [0.2, 0.25) is 10.0 Å². The first-order chi connectivity index (χ1) is 16.7. The first-order valence-electron chi connectivity index (χ1n) is 11.8. The molecule has 3 aromatic rings. The molecule has 0 saturated carbocycles. The van der Waals surface area contributed by atoms with Crippen molar-refractivity contribution in [1.29, 1.82) is 0 Å². The highest BCUT2D eigenvalue weighted by Crippen LogP contribution is 2.39. The molecule has 1 N–H and O–H groups in total. The summed E-state index contributed by atoms with van der Waals surface area (Å²) in [5.41, 5.74) is 2.17. The number of hydrogen-bond acceptors (Lipinski definition) is 5. The fourth-order valence-electron chi connectivity index (χ4n) is 5.26. The highest BCUT2D eigenvalue weighted by molar-refractivity contribution is 7.89. The zero-order valence-electron chi connectivity index (χ0n) is 20.1. The first kappa shape index (κ1) is 23.5. The summed E-state index contributed by atoms with van der Waals surface area (Å²) in [6.07, 6.45) is 3.24. The van der Waals surface area contributed by atoms with Crippen molar-refractivity contribution in [2.45, 2.75) is 56.1 Å². The zero-order valence-corrected chi connectivity index (χ0v) is 20.9. The average molecular weight is 496 g/mol. The van der Waals surface area contributed by atoms with Crippen molar-refractivity contribution < 1.29 is 18.0 Å². The molecular weight excluding hydrogens is 466 g/mol. The minimum atomic E-state index is -3.61. The van der Waals surface area contributed by atoms with Crippen LogP contribution in [0.25, 0.3) is 11.0 Å². The molecule has 5 rings (SSSR count). The number of nitrogens with zero attached hydrogens (tertiary/aromatic N) is 4. The van der Waals surface area contributed by atoms with E-state index in [0.717, 1.165) is 40.2 Å². The Kier molecular flexibility index (Phi) is 5.68. The third kappa shape index (κ3) is 3.63. The second-order valence-electron chi connectivity index (χ2n) is 9.30. The van der Waals surface area contributed by atoms with Crippen LogP contribution in [0.2, 0.25) is 0 Å². The van der Waals surface area contributed by atoms with Crippen LogP contribution in [-0.4, -0.2) is 53.2 Å². The van der Waals surface area contributed by atoms with E-state index in [2.05, 4.69) is 10.3 Å². The minimum absolute atomic E-state index is 0.00681. The molecular formula is C25H29N5O4S. The lowest BCUT2D eigenvalue weighted by Crippen LogP contribution is -2.44. The summed E-state index contributed by atoms with van der Waals surface area (Å²) in [5.74, 6) is 0.270. The van der Waals surface area contributed by atoms with Crippen LogP contribution in [0.4, 0.5) is 4.79 Å². The van der Waals surface area contributed by atoms with Crippen molar-refractivity contribution in [2.75, 3.05) is 14.1 Å². The Labute approximate surface area is 204 Å². The molecule has 184 valence electrons. The number of nitrogens with one attached hydrogen (secondary N) is 1. The molecule has 2 aromatic carbocycles. The van der Waals surface area contributed by atoms with Gasteiger partial charge in [0, 0.05) is 20.6 Å². The van der Waals surface area contributed by atoms with Crippen LogP contribution >= 0.6 is 0 Å². The number of imide groups is 1. The molecule has 2 aliphatic rings. The number of rotatable bonds is 5. The van der Waals surface area contributed by atoms with E-state index >= 15 is 0 Å². The monoisotopic (exact) mass is 495 g/mol. The van der Waals surface area contributed by atoms with Gasteiger partial charge in [-0.05, 0) is 61.9 Å². The number of imidazole rings is 1. The Morgan fingerprint density at radius 2 is 1.89 bits per heavy atom. The van der Waals surface area contributed by atoms with Gasteiger partial charge in [-0.3, -0.25) is 9.69 Å². The number of carbonyl (C=O) groups excluding carboxylic acids is 2. The summed E-state index contributed by atoms with van der Waals surface area (Å²) < 4.78 is 28.2. The lowest BCUT2D eigenvalue weighted by atomic mass is 9.84. The van der Waals surface area contributed by atoms with E-state index < -0.39 is 21.6 Å². The summed E-state index contributed by atoms with van der Waals surface area (Å²) in [5, 5.41) is 3.01. The molecule has 1 aliphatic heterocycles. The number of aryl methyl sites for hydroxylation is 2. The van der Waals surface area contributed by atoms with E-state index in [9.17, 15) is 18.0 Å². The van der Waals surface area contributed by atoms with E-state index in [1.54, 1.807) is 12.1 Å². The number of sulfonamides is 1. The van der Waals surface area contributed by atoms with Crippen molar-refractivity contribution in [2.24, 2.45) is 0 Å². The molecule has 2 heterocycles.